The van der Waals surface area contributed by atoms with Crippen molar-refractivity contribution in [1.29, 1.82) is 0 Å². The molecule has 0 aliphatic rings. The molecule has 4 aromatic rings. The molecule has 0 unspecified atom stereocenters. The third kappa shape index (κ3) is 2.52. The van der Waals surface area contributed by atoms with Crippen molar-refractivity contribution in [2.24, 2.45) is 14.1 Å². The van der Waals surface area contributed by atoms with Crippen LogP contribution in [0.4, 0.5) is 4.39 Å². The van der Waals surface area contributed by atoms with E-state index in [2.05, 4.69) is 10.2 Å². The van der Waals surface area contributed by atoms with E-state index in [0.29, 0.717) is 0 Å². The van der Waals surface area contributed by atoms with E-state index in [1.165, 1.54) is 12.1 Å². The van der Waals surface area contributed by atoms with Gasteiger partial charge in [-0.15, -0.1) is 0 Å². The number of hydrogen-bond acceptors (Lipinski definition) is 3. The highest BCUT2D eigenvalue weighted by atomic mass is 19.1. The molecule has 0 spiro atoms. The van der Waals surface area contributed by atoms with E-state index in [-0.39, 0.29) is 5.82 Å². The number of rotatable bonds is 3. The Hall–Kier alpha value is -3.22. The van der Waals surface area contributed by atoms with Crippen molar-refractivity contribution in [3.63, 3.8) is 0 Å². The van der Waals surface area contributed by atoms with Crippen LogP contribution in [0.25, 0.3) is 28.2 Å². The first kappa shape index (κ1) is 16.3. The Labute approximate surface area is 150 Å². The number of aryl methyl sites for hydroxylation is 2. The molecular weight excluding hydrogens is 331 g/mol. The molecule has 132 valence electrons. The molecule has 0 atom stereocenters. The van der Waals surface area contributed by atoms with Crippen LogP contribution in [0.3, 0.4) is 0 Å². The number of benzene rings is 1. The lowest BCUT2D eigenvalue weighted by Crippen LogP contribution is -2.00. The topological polar surface area (TPSA) is 53.5 Å². The second-order valence-corrected chi connectivity index (χ2v) is 6.34. The van der Waals surface area contributed by atoms with Gasteiger partial charge >= 0.3 is 0 Å². The summed E-state index contributed by atoms with van der Waals surface area (Å²) in [5.74, 6) is -0.275. The zero-order valence-corrected chi connectivity index (χ0v) is 15.1. The van der Waals surface area contributed by atoms with Crippen molar-refractivity contribution in [1.82, 2.24) is 29.3 Å². The van der Waals surface area contributed by atoms with Crippen LogP contribution in [-0.2, 0) is 14.1 Å². The van der Waals surface area contributed by atoms with Gasteiger partial charge in [0.05, 0.1) is 29.5 Å². The summed E-state index contributed by atoms with van der Waals surface area (Å²) >= 11 is 0. The third-order valence-electron chi connectivity index (χ3n) is 4.80. The Kier molecular flexibility index (Phi) is 3.72. The fourth-order valence-electron chi connectivity index (χ4n) is 2.98. The van der Waals surface area contributed by atoms with Crippen LogP contribution >= 0.6 is 0 Å². The van der Waals surface area contributed by atoms with Gasteiger partial charge in [0.2, 0.25) is 0 Å². The Balaban J connectivity index is 1.95. The maximum atomic E-state index is 13.4. The molecule has 0 aliphatic carbocycles. The molecule has 26 heavy (non-hydrogen) atoms. The summed E-state index contributed by atoms with van der Waals surface area (Å²) in [6, 6.07) is 8.34. The summed E-state index contributed by atoms with van der Waals surface area (Å²) in [6.07, 6.45) is 3.64. The number of halogens is 1. The number of hydrogen-bond donors (Lipinski definition) is 0. The highest BCUT2D eigenvalue weighted by Crippen LogP contribution is 2.31. The van der Waals surface area contributed by atoms with Gasteiger partial charge in [0, 0.05) is 36.6 Å². The minimum atomic E-state index is -0.275. The van der Waals surface area contributed by atoms with Crippen molar-refractivity contribution < 1.29 is 4.39 Å². The molecule has 7 heteroatoms. The molecule has 0 amide bonds. The Morgan fingerprint density at radius 2 is 1.42 bits per heavy atom. The molecule has 0 fully saturated rings. The van der Waals surface area contributed by atoms with Crippen LogP contribution in [0.5, 0.6) is 0 Å². The molecule has 0 saturated carbocycles. The van der Waals surface area contributed by atoms with Crippen molar-refractivity contribution in [2.45, 2.75) is 13.8 Å². The maximum Gasteiger partial charge on any atom is 0.123 e. The second-order valence-electron chi connectivity index (χ2n) is 6.34. The fourth-order valence-corrected chi connectivity index (χ4v) is 2.98. The lowest BCUT2D eigenvalue weighted by Gasteiger charge is -2.07. The van der Waals surface area contributed by atoms with E-state index in [4.69, 9.17) is 5.10 Å². The number of nitrogens with zero attached hydrogens (tertiary/aromatic N) is 6. The predicted octanol–water partition coefficient (Wildman–Crippen LogP) is 3.43. The van der Waals surface area contributed by atoms with Gasteiger partial charge in [-0.25, -0.2) is 9.07 Å². The lowest BCUT2D eigenvalue weighted by molar-refractivity contribution is 0.627. The summed E-state index contributed by atoms with van der Waals surface area (Å²) in [7, 11) is 3.81. The van der Waals surface area contributed by atoms with E-state index in [1.54, 1.807) is 12.1 Å². The average molecular weight is 350 g/mol. The molecule has 1 aromatic carbocycles. The summed E-state index contributed by atoms with van der Waals surface area (Å²) in [5.41, 5.74) is 6.52. The standard InChI is InChI=1S/C19H19FN6/c1-12-16(10-21-24(12)3)18-9-19(17-11-22-25(4)13(17)2)26(23-18)15-7-5-14(20)6-8-15/h5-11H,1-4H3. The molecule has 3 aromatic heterocycles. The summed E-state index contributed by atoms with van der Waals surface area (Å²) in [4.78, 5) is 0. The molecule has 4 rings (SSSR count). The van der Waals surface area contributed by atoms with Crippen molar-refractivity contribution in [3.8, 4) is 28.2 Å². The summed E-state index contributed by atoms with van der Waals surface area (Å²) in [6.45, 7) is 4.02. The van der Waals surface area contributed by atoms with Gasteiger partial charge in [0.15, 0.2) is 0 Å². The Bertz CT molecular complexity index is 1080. The second kappa shape index (κ2) is 5.94. The molecule has 6 nitrogen and oxygen atoms in total. The van der Waals surface area contributed by atoms with Crippen LogP contribution < -0.4 is 0 Å². The normalized spacial score (nSPS) is 11.3. The van der Waals surface area contributed by atoms with Gasteiger partial charge in [-0.3, -0.25) is 9.36 Å². The van der Waals surface area contributed by atoms with Crippen LogP contribution in [0.15, 0.2) is 42.7 Å². The smallest absolute Gasteiger partial charge is 0.123 e. The lowest BCUT2D eigenvalue weighted by atomic mass is 10.1. The first-order valence-electron chi connectivity index (χ1n) is 8.29. The minimum absolute atomic E-state index is 0.275. The van der Waals surface area contributed by atoms with Crippen LogP contribution in [-0.4, -0.2) is 29.3 Å². The minimum Gasteiger partial charge on any atom is -0.272 e. The van der Waals surface area contributed by atoms with Gasteiger partial charge in [0.1, 0.15) is 5.82 Å². The Morgan fingerprint density at radius 1 is 0.846 bits per heavy atom. The SMILES string of the molecule is Cc1c(-c2cc(-c3cnn(C)c3C)n(-c3ccc(F)cc3)n2)cnn1C. The van der Waals surface area contributed by atoms with Gasteiger partial charge in [-0.2, -0.15) is 15.3 Å². The Morgan fingerprint density at radius 3 is 1.96 bits per heavy atom. The molecule has 3 heterocycles. The number of aromatic nitrogens is 6. The van der Waals surface area contributed by atoms with E-state index >= 15 is 0 Å². The average Bonchev–Trinajstić information content (AvgIpc) is 3.29. The van der Waals surface area contributed by atoms with E-state index in [0.717, 1.165) is 39.6 Å². The quantitative estimate of drug-likeness (QED) is 0.569. The third-order valence-corrected chi connectivity index (χ3v) is 4.80. The fraction of sp³-hybridized carbons (Fsp3) is 0.211. The summed E-state index contributed by atoms with van der Waals surface area (Å²) in [5, 5.41) is 13.4. The van der Waals surface area contributed by atoms with Gasteiger partial charge in [-0.1, -0.05) is 0 Å². The molecule has 0 aliphatic heterocycles. The van der Waals surface area contributed by atoms with Crippen molar-refractivity contribution in [3.05, 3.63) is 59.9 Å². The van der Waals surface area contributed by atoms with Crippen molar-refractivity contribution in [2.75, 3.05) is 0 Å². The van der Waals surface area contributed by atoms with E-state index in [9.17, 15) is 4.39 Å². The first-order valence-corrected chi connectivity index (χ1v) is 8.29. The van der Waals surface area contributed by atoms with Gasteiger partial charge in [-0.05, 0) is 44.2 Å². The van der Waals surface area contributed by atoms with Gasteiger partial charge in [0.25, 0.3) is 0 Å². The maximum absolute atomic E-state index is 13.4. The molecular formula is C19H19FN6. The zero-order chi connectivity index (χ0) is 18.4. The highest BCUT2D eigenvalue weighted by molar-refractivity contribution is 5.72. The molecule has 0 N–H and O–H groups in total. The summed E-state index contributed by atoms with van der Waals surface area (Å²) < 4.78 is 18.8. The molecule has 0 bridgehead atoms. The van der Waals surface area contributed by atoms with Crippen LogP contribution in [0.1, 0.15) is 11.4 Å². The largest absolute Gasteiger partial charge is 0.272 e. The van der Waals surface area contributed by atoms with E-state index in [1.807, 2.05) is 60.4 Å². The van der Waals surface area contributed by atoms with Crippen LogP contribution in [0, 0.1) is 19.7 Å². The zero-order valence-electron chi connectivity index (χ0n) is 15.1. The monoisotopic (exact) mass is 350 g/mol. The predicted molar refractivity (Wildman–Crippen MR) is 97.4 cm³/mol. The first-order chi connectivity index (χ1) is 12.5. The van der Waals surface area contributed by atoms with Crippen molar-refractivity contribution >= 4 is 0 Å². The molecule has 0 radical (unpaired) electrons. The van der Waals surface area contributed by atoms with Gasteiger partial charge < -0.3 is 0 Å². The molecule has 0 saturated heterocycles. The highest BCUT2D eigenvalue weighted by Gasteiger charge is 2.19. The van der Waals surface area contributed by atoms with E-state index < -0.39 is 0 Å². The van der Waals surface area contributed by atoms with Crippen LogP contribution in [0.2, 0.25) is 0 Å².